The van der Waals surface area contributed by atoms with Crippen LogP contribution >= 0.6 is 11.3 Å². The van der Waals surface area contributed by atoms with Gasteiger partial charge in [-0.1, -0.05) is 13.0 Å². The van der Waals surface area contributed by atoms with Gasteiger partial charge in [-0.15, -0.1) is 11.3 Å². The molecule has 1 N–H and O–H groups in total. The molecule has 0 aliphatic heterocycles. The van der Waals surface area contributed by atoms with E-state index in [1.807, 2.05) is 6.92 Å². The molecule has 0 radical (unpaired) electrons. The van der Waals surface area contributed by atoms with E-state index in [1.54, 1.807) is 12.3 Å². The maximum absolute atomic E-state index is 13.2. The van der Waals surface area contributed by atoms with Crippen LogP contribution in [0.1, 0.15) is 67.4 Å². The van der Waals surface area contributed by atoms with E-state index in [-0.39, 0.29) is 46.8 Å². The number of carbonyl (C=O) groups excluding carboxylic acids is 2. The number of fused-ring (bicyclic) bond motifs is 5. The number of nitro benzene ring substituents is 1. The Balaban J connectivity index is 1.40. The van der Waals surface area contributed by atoms with E-state index in [2.05, 4.69) is 17.2 Å². The lowest BCUT2D eigenvalue weighted by molar-refractivity contribution is -0.386. The number of nitro groups is 1. The lowest BCUT2D eigenvalue weighted by Gasteiger charge is -2.49. The van der Waals surface area contributed by atoms with Crippen LogP contribution in [0.15, 0.2) is 18.3 Å². The number of hydrogen-bond acceptors (Lipinski definition) is 9. The van der Waals surface area contributed by atoms with Crippen molar-refractivity contribution in [2.45, 2.75) is 64.7 Å². The maximum atomic E-state index is 13.2. The minimum atomic E-state index is -3.93. The Morgan fingerprint density at radius 1 is 1.34 bits per heavy atom. The Labute approximate surface area is 225 Å². The van der Waals surface area contributed by atoms with Crippen LogP contribution < -0.4 is 9.50 Å². The van der Waals surface area contributed by atoms with Crippen molar-refractivity contribution < 1.29 is 27.1 Å². The predicted molar refractivity (Wildman–Crippen MR) is 142 cm³/mol. The Morgan fingerprint density at radius 2 is 2.11 bits per heavy atom. The van der Waals surface area contributed by atoms with Gasteiger partial charge in [-0.25, -0.2) is 4.98 Å². The highest BCUT2D eigenvalue weighted by atomic mass is 32.2. The van der Waals surface area contributed by atoms with Gasteiger partial charge in [0.2, 0.25) is 11.7 Å². The van der Waals surface area contributed by atoms with Crippen LogP contribution in [0.25, 0.3) is 0 Å². The summed E-state index contributed by atoms with van der Waals surface area (Å²) in [6.07, 6.45) is 6.41. The molecule has 5 unspecified atom stereocenters. The molecule has 10 nitrogen and oxygen atoms in total. The summed E-state index contributed by atoms with van der Waals surface area (Å²) in [5.41, 5.74) is 0.635. The third kappa shape index (κ3) is 4.84. The largest absolute Gasteiger partial charge is 0.375 e. The number of aromatic nitrogens is 1. The molecule has 3 aliphatic carbocycles. The first-order chi connectivity index (χ1) is 17.9. The number of ketones is 1. The average Bonchev–Trinajstić information content (AvgIpc) is 3.35. The van der Waals surface area contributed by atoms with Gasteiger partial charge in [-0.3, -0.25) is 19.7 Å². The molecule has 2 aromatic rings. The summed E-state index contributed by atoms with van der Waals surface area (Å²) in [5.74, 6) is 0.209. The SMILES string of the molecule is Cc1cnc(NC(=O)CCC2CC(=O)C3(C)CCC4c5ccc(OS(C)(=O)=O)c([N+](=O)[O-])c5CCC4C23)s1. The number of amides is 1. The van der Waals surface area contributed by atoms with Gasteiger partial charge in [-0.05, 0) is 74.3 Å². The molecule has 38 heavy (non-hydrogen) atoms. The van der Waals surface area contributed by atoms with Crippen molar-refractivity contribution in [2.24, 2.45) is 23.2 Å². The Morgan fingerprint density at radius 3 is 2.76 bits per heavy atom. The van der Waals surface area contributed by atoms with E-state index in [0.717, 1.165) is 23.1 Å². The molecular weight excluding hydrogens is 530 g/mol. The van der Waals surface area contributed by atoms with E-state index in [4.69, 9.17) is 4.18 Å². The smallest absolute Gasteiger partial charge is 0.316 e. The van der Waals surface area contributed by atoms with Gasteiger partial charge in [-0.2, -0.15) is 8.42 Å². The van der Waals surface area contributed by atoms with Gasteiger partial charge in [0, 0.05) is 34.9 Å². The average molecular weight is 562 g/mol. The maximum Gasteiger partial charge on any atom is 0.316 e. The second-order valence-corrected chi connectivity index (χ2v) is 13.9. The third-order valence-electron chi connectivity index (χ3n) is 8.72. The van der Waals surface area contributed by atoms with Crippen LogP contribution in [-0.2, 0) is 26.1 Å². The van der Waals surface area contributed by atoms with E-state index in [1.165, 1.54) is 17.4 Å². The van der Waals surface area contributed by atoms with Crippen molar-refractivity contribution in [1.29, 1.82) is 0 Å². The fraction of sp³-hybridized carbons (Fsp3) is 0.577. The van der Waals surface area contributed by atoms with E-state index >= 15 is 0 Å². The summed E-state index contributed by atoms with van der Waals surface area (Å²) in [6.45, 7) is 3.98. The van der Waals surface area contributed by atoms with Crippen molar-refractivity contribution in [3.05, 3.63) is 44.4 Å². The normalized spacial score (nSPS) is 28.2. The first-order valence-electron chi connectivity index (χ1n) is 12.8. The van der Waals surface area contributed by atoms with Gasteiger partial charge in [0.25, 0.3) is 0 Å². The monoisotopic (exact) mass is 561 g/mol. The van der Waals surface area contributed by atoms with Gasteiger partial charge in [0.1, 0.15) is 5.78 Å². The van der Waals surface area contributed by atoms with Crippen LogP contribution in [-0.4, -0.2) is 36.3 Å². The van der Waals surface area contributed by atoms with Gasteiger partial charge >= 0.3 is 15.8 Å². The van der Waals surface area contributed by atoms with Crippen molar-refractivity contribution in [2.75, 3.05) is 11.6 Å². The molecule has 0 bridgehead atoms. The number of nitrogens with one attached hydrogen (secondary N) is 1. The molecule has 1 heterocycles. The lowest BCUT2D eigenvalue weighted by atomic mass is 9.54. The summed E-state index contributed by atoms with van der Waals surface area (Å²) < 4.78 is 28.4. The molecule has 1 amide bonds. The molecule has 0 saturated heterocycles. The zero-order chi connectivity index (χ0) is 27.4. The molecule has 204 valence electrons. The Bertz CT molecular complexity index is 1420. The van der Waals surface area contributed by atoms with Gasteiger partial charge in [0.05, 0.1) is 11.2 Å². The van der Waals surface area contributed by atoms with Crippen molar-refractivity contribution in [3.8, 4) is 5.75 Å². The number of carbonyl (C=O) groups is 2. The van der Waals surface area contributed by atoms with E-state index < -0.39 is 20.5 Å². The quantitative estimate of drug-likeness (QED) is 0.289. The summed E-state index contributed by atoms with van der Waals surface area (Å²) in [6, 6.07) is 3.15. The Kier molecular flexibility index (Phi) is 6.83. The zero-order valence-electron chi connectivity index (χ0n) is 21.6. The van der Waals surface area contributed by atoms with Crippen LogP contribution in [0, 0.1) is 40.2 Å². The zero-order valence-corrected chi connectivity index (χ0v) is 23.2. The number of thiazole rings is 1. The predicted octanol–water partition coefficient (Wildman–Crippen LogP) is 4.77. The topological polar surface area (TPSA) is 146 Å². The molecule has 3 aliphatic rings. The second kappa shape index (κ2) is 9.71. The molecule has 2 saturated carbocycles. The summed E-state index contributed by atoms with van der Waals surface area (Å²) in [4.78, 5) is 42.5. The highest BCUT2D eigenvalue weighted by molar-refractivity contribution is 7.86. The molecule has 1 aromatic heterocycles. The molecule has 5 atom stereocenters. The number of nitrogens with zero attached hydrogens (tertiary/aromatic N) is 2. The third-order valence-corrected chi connectivity index (χ3v) is 10.0. The molecule has 5 rings (SSSR count). The Hall–Kier alpha value is -2.86. The minimum absolute atomic E-state index is 0.0309. The molecule has 12 heteroatoms. The van der Waals surface area contributed by atoms with Crippen LogP contribution in [0.2, 0.25) is 0 Å². The van der Waals surface area contributed by atoms with Crippen LogP contribution in [0.5, 0.6) is 5.75 Å². The van der Waals surface area contributed by atoms with E-state index in [9.17, 15) is 28.1 Å². The number of anilines is 1. The van der Waals surface area contributed by atoms with Gasteiger partial charge < -0.3 is 9.50 Å². The van der Waals surface area contributed by atoms with Crippen LogP contribution in [0.3, 0.4) is 0 Å². The van der Waals surface area contributed by atoms with Crippen LogP contribution in [0.4, 0.5) is 10.8 Å². The van der Waals surface area contributed by atoms with Crippen molar-refractivity contribution >= 4 is 44.0 Å². The fourth-order valence-corrected chi connectivity index (χ4v) is 8.43. The fourth-order valence-electron chi connectivity index (χ4n) is 7.29. The molecule has 2 fully saturated rings. The number of benzene rings is 1. The number of hydrogen-bond donors (Lipinski definition) is 1. The lowest BCUT2D eigenvalue weighted by Crippen LogP contribution is -2.44. The molecular formula is C26H31N3O7S2. The summed E-state index contributed by atoms with van der Waals surface area (Å²) in [7, 11) is -3.93. The molecule has 1 aromatic carbocycles. The summed E-state index contributed by atoms with van der Waals surface area (Å²) >= 11 is 1.42. The van der Waals surface area contributed by atoms with E-state index in [0.29, 0.717) is 49.2 Å². The van der Waals surface area contributed by atoms with Gasteiger partial charge in [0.15, 0.2) is 5.13 Å². The first-order valence-corrected chi connectivity index (χ1v) is 15.5. The number of rotatable bonds is 7. The minimum Gasteiger partial charge on any atom is -0.375 e. The second-order valence-electron chi connectivity index (χ2n) is 11.1. The van der Waals surface area contributed by atoms with Crippen molar-refractivity contribution in [1.82, 2.24) is 4.98 Å². The highest BCUT2D eigenvalue weighted by Crippen LogP contribution is 2.63. The standard InChI is InChI=1S/C26H31N3O7S2/c1-14-13-27-25(37-14)28-22(31)9-4-15-12-21(30)26(2)11-10-17-16-7-8-20(36-38(3,34)35)24(29(32)33)19(16)6-5-18(17)23(15)26/h7-8,13,15,17-18,23H,4-6,9-12H2,1-3H3,(H,27,28,31). The highest BCUT2D eigenvalue weighted by Gasteiger charge is 2.58. The molecule has 0 spiro atoms. The number of Topliss-reactive ketones (excluding diaryl/α,β-unsaturated/α-hetero) is 1. The summed E-state index contributed by atoms with van der Waals surface area (Å²) in [5, 5.41) is 15.4. The number of aryl methyl sites for hydroxylation is 1. The van der Waals surface area contributed by atoms with Crippen molar-refractivity contribution in [3.63, 3.8) is 0 Å². The first kappa shape index (κ1) is 26.7.